The number of methoxy groups -OCH3 is 1. The quantitative estimate of drug-likeness (QED) is 0.656. The first-order valence-corrected chi connectivity index (χ1v) is 6.90. The zero-order chi connectivity index (χ0) is 15.4. The Hall–Kier alpha value is -1.91. The summed E-state index contributed by atoms with van der Waals surface area (Å²) < 4.78 is 19.0. The maximum atomic E-state index is 13.6. The number of rotatable bonds is 5. The highest BCUT2D eigenvalue weighted by Gasteiger charge is 2.15. The topological polar surface area (TPSA) is 47.3 Å². The SMILES string of the molecule is COc1ccc(C)cc1CC(NN)c1cc(C)cc(F)c1. The third kappa shape index (κ3) is 3.80. The molecule has 2 rings (SSSR count). The number of benzene rings is 2. The molecule has 1 unspecified atom stereocenters. The molecule has 21 heavy (non-hydrogen) atoms. The second-order valence-electron chi connectivity index (χ2n) is 5.30. The van der Waals surface area contributed by atoms with E-state index in [-0.39, 0.29) is 11.9 Å². The van der Waals surface area contributed by atoms with Crippen LogP contribution in [-0.4, -0.2) is 7.11 Å². The first-order chi connectivity index (χ1) is 10.0. The van der Waals surface area contributed by atoms with Crippen molar-refractivity contribution in [3.63, 3.8) is 0 Å². The van der Waals surface area contributed by atoms with Crippen LogP contribution >= 0.6 is 0 Å². The zero-order valence-corrected chi connectivity index (χ0v) is 12.6. The molecule has 0 aliphatic heterocycles. The predicted octanol–water partition coefficient (Wildman–Crippen LogP) is 3.20. The van der Waals surface area contributed by atoms with E-state index in [9.17, 15) is 4.39 Å². The van der Waals surface area contributed by atoms with E-state index in [2.05, 4.69) is 11.5 Å². The Bertz CT molecular complexity index is 608. The molecule has 0 heterocycles. The Kier molecular flexibility index (Phi) is 4.94. The summed E-state index contributed by atoms with van der Waals surface area (Å²) in [5.74, 6) is 6.23. The summed E-state index contributed by atoms with van der Waals surface area (Å²) in [6.07, 6.45) is 0.629. The van der Waals surface area contributed by atoms with Gasteiger partial charge in [0.15, 0.2) is 0 Å². The van der Waals surface area contributed by atoms with Crippen LogP contribution in [0.15, 0.2) is 36.4 Å². The second kappa shape index (κ2) is 6.70. The number of halogens is 1. The smallest absolute Gasteiger partial charge is 0.123 e. The minimum absolute atomic E-state index is 0.171. The number of nitrogens with two attached hydrogens (primary N) is 1. The van der Waals surface area contributed by atoms with Gasteiger partial charge in [-0.3, -0.25) is 11.3 Å². The number of hydrogen-bond acceptors (Lipinski definition) is 3. The molecule has 2 aromatic rings. The van der Waals surface area contributed by atoms with E-state index in [0.29, 0.717) is 6.42 Å². The molecule has 0 aliphatic rings. The molecule has 0 saturated heterocycles. The van der Waals surface area contributed by atoms with Crippen LogP contribution < -0.4 is 16.0 Å². The Morgan fingerprint density at radius 3 is 2.52 bits per heavy atom. The zero-order valence-electron chi connectivity index (χ0n) is 12.6. The second-order valence-corrected chi connectivity index (χ2v) is 5.30. The van der Waals surface area contributed by atoms with Crippen molar-refractivity contribution in [2.45, 2.75) is 26.3 Å². The van der Waals surface area contributed by atoms with Crippen LogP contribution in [0.2, 0.25) is 0 Å². The summed E-state index contributed by atoms with van der Waals surface area (Å²) in [5.41, 5.74) is 6.67. The van der Waals surface area contributed by atoms with Gasteiger partial charge in [0.2, 0.25) is 0 Å². The van der Waals surface area contributed by atoms with Crippen LogP contribution in [-0.2, 0) is 6.42 Å². The van der Waals surface area contributed by atoms with E-state index >= 15 is 0 Å². The van der Waals surface area contributed by atoms with Gasteiger partial charge in [0.25, 0.3) is 0 Å². The molecule has 0 radical (unpaired) electrons. The fourth-order valence-corrected chi connectivity index (χ4v) is 2.53. The monoisotopic (exact) mass is 288 g/mol. The summed E-state index contributed by atoms with van der Waals surface area (Å²) in [6.45, 7) is 3.90. The van der Waals surface area contributed by atoms with Crippen LogP contribution in [0.3, 0.4) is 0 Å². The molecule has 1 atom stereocenters. The van der Waals surface area contributed by atoms with Gasteiger partial charge in [0.05, 0.1) is 13.2 Å². The van der Waals surface area contributed by atoms with Crippen molar-refractivity contribution in [2.75, 3.05) is 7.11 Å². The van der Waals surface area contributed by atoms with Crippen molar-refractivity contribution in [2.24, 2.45) is 5.84 Å². The molecule has 0 spiro atoms. The van der Waals surface area contributed by atoms with Gasteiger partial charge in [-0.05, 0) is 55.2 Å². The van der Waals surface area contributed by atoms with Crippen LogP contribution in [0.4, 0.5) is 4.39 Å². The van der Waals surface area contributed by atoms with Gasteiger partial charge < -0.3 is 4.74 Å². The van der Waals surface area contributed by atoms with E-state index in [1.165, 1.54) is 12.1 Å². The fourth-order valence-electron chi connectivity index (χ4n) is 2.53. The standard InChI is InChI=1S/C17H21FN2O/c1-11-4-5-17(21-3)14(6-11)10-16(20-19)13-7-12(2)8-15(18)9-13/h4-9,16,20H,10,19H2,1-3H3. The predicted molar refractivity (Wildman–Crippen MR) is 82.6 cm³/mol. The maximum absolute atomic E-state index is 13.6. The molecule has 0 saturated carbocycles. The molecule has 2 aromatic carbocycles. The molecule has 0 aliphatic carbocycles. The lowest BCUT2D eigenvalue weighted by atomic mass is 9.96. The average Bonchev–Trinajstić information content (AvgIpc) is 2.43. The third-order valence-electron chi connectivity index (χ3n) is 3.53. The van der Waals surface area contributed by atoms with Gasteiger partial charge in [-0.25, -0.2) is 4.39 Å². The molecule has 3 nitrogen and oxygen atoms in total. The summed E-state index contributed by atoms with van der Waals surface area (Å²) in [7, 11) is 1.64. The van der Waals surface area contributed by atoms with E-state index in [1.807, 2.05) is 32.0 Å². The highest BCUT2D eigenvalue weighted by Crippen LogP contribution is 2.26. The van der Waals surface area contributed by atoms with E-state index < -0.39 is 0 Å². The highest BCUT2D eigenvalue weighted by atomic mass is 19.1. The molecular formula is C17H21FN2O. The minimum Gasteiger partial charge on any atom is -0.496 e. The lowest BCUT2D eigenvalue weighted by Gasteiger charge is -2.19. The van der Waals surface area contributed by atoms with Crippen molar-refractivity contribution in [1.82, 2.24) is 5.43 Å². The van der Waals surface area contributed by atoms with Gasteiger partial charge in [-0.2, -0.15) is 0 Å². The number of hydrazine groups is 1. The summed E-state index contributed by atoms with van der Waals surface area (Å²) in [4.78, 5) is 0. The number of nitrogens with one attached hydrogen (secondary N) is 1. The minimum atomic E-state index is -0.249. The van der Waals surface area contributed by atoms with Crippen molar-refractivity contribution < 1.29 is 9.13 Å². The van der Waals surface area contributed by atoms with E-state index in [4.69, 9.17) is 10.6 Å². The number of hydrogen-bond donors (Lipinski definition) is 2. The van der Waals surface area contributed by atoms with Crippen molar-refractivity contribution in [1.29, 1.82) is 0 Å². The highest BCUT2D eigenvalue weighted by molar-refractivity contribution is 5.38. The number of ether oxygens (including phenoxy) is 1. The van der Waals surface area contributed by atoms with Gasteiger partial charge >= 0.3 is 0 Å². The molecule has 0 aromatic heterocycles. The Labute approximate surface area is 124 Å². The lowest BCUT2D eigenvalue weighted by Crippen LogP contribution is -2.29. The third-order valence-corrected chi connectivity index (χ3v) is 3.53. The van der Waals surface area contributed by atoms with Crippen molar-refractivity contribution in [3.8, 4) is 5.75 Å². The van der Waals surface area contributed by atoms with Crippen LogP contribution in [0.1, 0.15) is 28.3 Å². The fraction of sp³-hybridized carbons (Fsp3) is 0.294. The number of aryl methyl sites for hydroxylation is 2. The van der Waals surface area contributed by atoms with Crippen LogP contribution in [0, 0.1) is 19.7 Å². The molecule has 112 valence electrons. The maximum Gasteiger partial charge on any atom is 0.123 e. The van der Waals surface area contributed by atoms with E-state index in [1.54, 1.807) is 7.11 Å². The lowest BCUT2D eigenvalue weighted by molar-refractivity contribution is 0.405. The van der Waals surface area contributed by atoms with Crippen LogP contribution in [0.5, 0.6) is 5.75 Å². The van der Waals surface area contributed by atoms with Gasteiger partial charge in [0.1, 0.15) is 11.6 Å². The summed E-state index contributed by atoms with van der Waals surface area (Å²) in [5, 5.41) is 0. The molecule has 0 bridgehead atoms. The van der Waals surface area contributed by atoms with Crippen LogP contribution in [0.25, 0.3) is 0 Å². The summed E-state index contributed by atoms with van der Waals surface area (Å²) in [6, 6.07) is 10.8. The summed E-state index contributed by atoms with van der Waals surface area (Å²) >= 11 is 0. The average molecular weight is 288 g/mol. The molecule has 3 N–H and O–H groups in total. The Morgan fingerprint density at radius 2 is 1.90 bits per heavy atom. The van der Waals surface area contributed by atoms with Gasteiger partial charge in [-0.15, -0.1) is 0 Å². The first kappa shape index (κ1) is 15.5. The Morgan fingerprint density at radius 1 is 1.14 bits per heavy atom. The normalized spacial score (nSPS) is 12.2. The molecular weight excluding hydrogens is 267 g/mol. The van der Waals surface area contributed by atoms with E-state index in [0.717, 1.165) is 28.0 Å². The van der Waals surface area contributed by atoms with Gasteiger partial charge in [-0.1, -0.05) is 23.8 Å². The molecule has 4 heteroatoms. The molecule has 0 amide bonds. The Balaban J connectivity index is 2.32. The molecule has 0 fully saturated rings. The van der Waals surface area contributed by atoms with Gasteiger partial charge in [0, 0.05) is 0 Å². The van der Waals surface area contributed by atoms with Crippen molar-refractivity contribution in [3.05, 3.63) is 64.5 Å². The largest absolute Gasteiger partial charge is 0.496 e. The first-order valence-electron chi connectivity index (χ1n) is 6.90. The van der Waals surface area contributed by atoms with Crippen molar-refractivity contribution >= 4 is 0 Å².